The smallest absolute Gasteiger partial charge is 0.0717 e. The Balaban J connectivity index is 1.79. The van der Waals surface area contributed by atoms with Crippen molar-refractivity contribution in [2.45, 2.75) is 26.4 Å². The molecule has 1 aliphatic carbocycles. The van der Waals surface area contributed by atoms with Crippen molar-refractivity contribution in [1.29, 1.82) is 0 Å². The summed E-state index contributed by atoms with van der Waals surface area (Å²) in [5.41, 5.74) is 1.59. The predicted octanol–water partition coefficient (Wildman–Crippen LogP) is 4.01. The van der Waals surface area contributed by atoms with E-state index < -0.39 is 0 Å². The molecular formula is C14H19BrO. The van der Waals surface area contributed by atoms with E-state index in [4.69, 9.17) is 4.74 Å². The van der Waals surface area contributed by atoms with Gasteiger partial charge in [0.15, 0.2) is 0 Å². The highest BCUT2D eigenvalue weighted by Crippen LogP contribution is 2.46. The molecule has 0 heterocycles. The van der Waals surface area contributed by atoms with Gasteiger partial charge in [0.25, 0.3) is 0 Å². The highest BCUT2D eigenvalue weighted by atomic mass is 79.9. The summed E-state index contributed by atoms with van der Waals surface area (Å²) in [6, 6.07) is 10.4. The van der Waals surface area contributed by atoms with Crippen LogP contribution in [0.5, 0.6) is 0 Å². The number of alkyl halides is 1. The standard InChI is InChI=1S/C14H19BrO/c1-14(10-15,13-7-8-13)11-16-9-12-5-3-2-4-6-12/h2-6,13H,7-11H2,1H3. The van der Waals surface area contributed by atoms with Gasteiger partial charge in [-0.3, -0.25) is 0 Å². The van der Waals surface area contributed by atoms with E-state index >= 15 is 0 Å². The molecule has 1 saturated carbocycles. The van der Waals surface area contributed by atoms with Crippen molar-refractivity contribution in [3.8, 4) is 0 Å². The number of halogens is 1. The molecule has 1 unspecified atom stereocenters. The Bertz CT molecular complexity index is 321. The summed E-state index contributed by atoms with van der Waals surface area (Å²) in [7, 11) is 0. The summed E-state index contributed by atoms with van der Waals surface area (Å²) in [4.78, 5) is 0. The van der Waals surface area contributed by atoms with Crippen LogP contribution in [-0.4, -0.2) is 11.9 Å². The van der Waals surface area contributed by atoms with Crippen LogP contribution in [0.3, 0.4) is 0 Å². The Morgan fingerprint density at radius 3 is 2.56 bits per heavy atom. The molecule has 1 aliphatic rings. The summed E-state index contributed by atoms with van der Waals surface area (Å²) >= 11 is 3.62. The van der Waals surface area contributed by atoms with Crippen molar-refractivity contribution in [2.75, 3.05) is 11.9 Å². The number of hydrogen-bond acceptors (Lipinski definition) is 1. The minimum absolute atomic E-state index is 0.328. The molecule has 0 radical (unpaired) electrons. The third kappa shape index (κ3) is 3.08. The molecule has 16 heavy (non-hydrogen) atoms. The third-order valence-electron chi connectivity index (χ3n) is 3.41. The van der Waals surface area contributed by atoms with Gasteiger partial charge in [0.05, 0.1) is 13.2 Å². The molecule has 0 N–H and O–H groups in total. The van der Waals surface area contributed by atoms with E-state index in [0.717, 1.165) is 24.5 Å². The normalized spacial score (nSPS) is 19.4. The Kier molecular flexibility index (Phi) is 4.04. The molecule has 1 atom stereocenters. The Labute approximate surface area is 106 Å². The molecule has 0 saturated heterocycles. The molecule has 2 rings (SSSR count). The van der Waals surface area contributed by atoms with Crippen molar-refractivity contribution in [1.82, 2.24) is 0 Å². The highest BCUT2D eigenvalue weighted by molar-refractivity contribution is 9.09. The Hall–Kier alpha value is -0.340. The zero-order chi connectivity index (χ0) is 11.4. The molecule has 0 amide bonds. The predicted molar refractivity (Wildman–Crippen MR) is 70.7 cm³/mol. The average Bonchev–Trinajstić information content (AvgIpc) is 3.14. The fourth-order valence-corrected chi connectivity index (χ4v) is 2.64. The molecule has 0 aromatic heterocycles. The summed E-state index contributed by atoms with van der Waals surface area (Å²) in [5, 5.41) is 1.04. The lowest BCUT2D eigenvalue weighted by Gasteiger charge is -2.27. The number of rotatable bonds is 6. The van der Waals surface area contributed by atoms with Gasteiger partial charge in [-0.1, -0.05) is 53.2 Å². The molecule has 0 spiro atoms. The van der Waals surface area contributed by atoms with E-state index in [1.54, 1.807) is 0 Å². The monoisotopic (exact) mass is 282 g/mol. The summed E-state index contributed by atoms with van der Waals surface area (Å²) in [5.74, 6) is 0.864. The zero-order valence-electron chi connectivity index (χ0n) is 9.79. The molecule has 0 bridgehead atoms. The molecule has 2 heteroatoms. The second kappa shape index (κ2) is 5.33. The van der Waals surface area contributed by atoms with E-state index in [9.17, 15) is 0 Å². The van der Waals surface area contributed by atoms with Gasteiger partial charge in [-0.2, -0.15) is 0 Å². The van der Waals surface area contributed by atoms with Crippen LogP contribution < -0.4 is 0 Å². The minimum atomic E-state index is 0.328. The van der Waals surface area contributed by atoms with Gasteiger partial charge in [0.1, 0.15) is 0 Å². The maximum absolute atomic E-state index is 5.85. The van der Waals surface area contributed by atoms with Gasteiger partial charge in [-0.05, 0) is 24.3 Å². The maximum Gasteiger partial charge on any atom is 0.0717 e. The van der Waals surface area contributed by atoms with Crippen LogP contribution in [0.2, 0.25) is 0 Å². The van der Waals surface area contributed by atoms with E-state index in [2.05, 4.69) is 47.1 Å². The van der Waals surface area contributed by atoms with Crippen LogP contribution >= 0.6 is 15.9 Å². The Morgan fingerprint density at radius 1 is 1.31 bits per heavy atom. The highest BCUT2D eigenvalue weighted by Gasteiger charge is 2.40. The van der Waals surface area contributed by atoms with E-state index in [0.29, 0.717) is 5.41 Å². The van der Waals surface area contributed by atoms with Crippen LogP contribution in [0, 0.1) is 11.3 Å². The first-order valence-corrected chi connectivity index (χ1v) is 7.04. The van der Waals surface area contributed by atoms with Crippen molar-refractivity contribution in [3.05, 3.63) is 35.9 Å². The first-order valence-electron chi connectivity index (χ1n) is 5.92. The van der Waals surface area contributed by atoms with Gasteiger partial charge < -0.3 is 4.74 Å². The first-order chi connectivity index (χ1) is 7.74. The fraction of sp³-hybridized carbons (Fsp3) is 0.571. The molecule has 0 aliphatic heterocycles. The number of ether oxygens (including phenoxy) is 1. The van der Waals surface area contributed by atoms with Crippen molar-refractivity contribution in [2.24, 2.45) is 11.3 Å². The summed E-state index contributed by atoms with van der Waals surface area (Å²) < 4.78 is 5.85. The number of benzene rings is 1. The topological polar surface area (TPSA) is 9.23 Å². The quantitative estimate of drug-likeness (QED) is 0.717. The largest absolute Gasteiger partial charge is 0.376 e. The SMILES string of the molecule is CC(CBr)(COCc1ccccc1)C1CC1. The van der Waals surface area contributed by atoms with Gasteiger partial charge >= 0.3 is 0 Å². The average molecular weight is 283 g/mol. The van der Waals surface area contributed by atoms with Crippen molar-refractivity contribution >= 4 is 15.9 Å². The van der Waals surface area contributed by atoms with Crippen LogP contribution in [0.4, 0.5) is 0 Å². The second-order valence-electron chi connectivity index (χ2n) is 5.04. The first kappa shape index (κ1) is 12.1. The van der Waals surface area contributed by atoms with Crippen molar-refractivity contribution in [3.63, 3.8) is 0 Å². The van der Waals surface area contributed by atoms with Gasteiger partial charge in [0.2, 0.25) is 0 Å². The lowest BCUT2D eigenvalue weighted by atomic mass is 9.88. The van der Waals surface area contributed by atoms with Crippen molar-refractivity contribution < 1.29 is 4.74 Å². The maximum atomic E-state index is 5.85. The minimum Gasteiger partial charge on any atom is -0.376 e. The van der Waals surface area contributed by atoms with Gasteiger partial charge in [-0.25, -0.2) is 0 Å². The summed E-state index contributed by atoms with van der Waals surface area (Å²) in [6.45, 7) is 3.92. The molecule has 1 aromatic carbocycles. The number of hydrogen-bond donors (Lipinski definition) is 0. The Morgan fingerprint density at radius 2 is 2.00 bits per heavy atom. The van der Waals surface area contributed by atoms with E-state index in [1.165, 1.54) is 18.4 Å². The van der Waals surface area contributed by atoms with Gasteiger partial charge in [0, 0.05) is 10.7 Å². The van der Waals surface area contributed by atoms with E-state index in [1.807, 2.05) is 6.07 Å². The van der Waals surface area contributed by atoms with Crippen LogP contribution in [-0.2, 0) is 11.3 Å². The van der Waals surface area contributed by atoms with Crippen LogP contribution in [0.15, 0.2) is 30.3 Å². The zero-order valence-corrected chi connectivity index (χ0v) is 11.4. The van der Waals surface area contributed by atoms with Crippen LogP contribution in [0.25, 0.3) is 0 Å². The third-order valence-corrected chi connectivity index (χ3v) is 4.69. The molecule has 1 nitrogen and oxygen atoms in total. The molecule has 88 valence electrons. The molecule has 1 fully saturated rings. The lowest BCUT2D eigenvalue weighted by Crippen LogP contribution is -2.27. The fourth-order valence-electron chi connectivity index (χ4n) is 2.02. The molecular weight excluding hydrogens is 264 g/mol. The lowest BCUT2D eigenvalue weighted by molar-refractivity contribution is 0.0435. The summed E-state index contributed by atoms with van der Waals surface area (Å²) in [6.07, 6.45) is 2.74. The molecule has 1 aromatic rings. The van der Waals surface area contributed by atoms with E-state index in [-0.39, 0.29) is 0 Å². The van der Waals surface area contributed by atoms with Gasteiger partial charge in [-0.15, -0.1) is 0 Å². The van der Waals surface area contributed by atoms with Crippen LogP contribution in [0.1, 0.15) is 25.3 Å². The second-order valence-corrected chi connectivity index (χ2v) is 5.60.